The third-order valence-electron chi connectivity index (χ3n) is 3.38. The Labute approximate surface area is 107 Å². The second kappa shape index (κ2) is 5.42. The Morgan fingerprint density at radius 2 is 1.82 bits per heavy atom. The van der Waals surface area contributed by atoms with Gasteiger partial charge in [-0.25, -0.2) is 0 Å². The molecular formula is C14H16ClNO. The van der Waals surface area contributed by atoms with Gasteiger partial charge in [-0.3, -0.25) is 0 Å². The van der Waals surface area contributed by atoms with E-state index in [1.165, 1.54) is 6.42 Å². The minimum atomic E-state index is -0.280. The first-order valence-corrected chi connectivity index (χ1v) is 6.42. The third-order valence-corrected chi connectivity index (χ3v) is 3.63. The molecule has 90 valence electrons. The lowest BCUT2D eigenvalue weighted by Gasteiger charge is -2.30. The van der Waals surface area contributed by atoms with E-state index in [1.807, 2.05) is 12.1 Å². The van der Waals surface area contributed by atoms with Crippen molar-refractivity contribution in [1.82, 2.24) is 0 Å². The summed E-state index contributed by atoms with van der Waals surface area (Å²) in [7, 11) is 0. The Balaban J connectivity index is 1.96. The largest absolute Gasteiger partial charge is 0.492 e. The summed E-state index contributed by atoms with van der Waals surface area (Å²) >= 11 is 5.81. The van der Waals surface area contributed by atoms with Crippen molar-refractivity contribution in [3.05, 3.63) is 29.3 Å². The molecule has 0 unspecified atom stereocenters. The van der Waals surface area contributed by atoms with Crippen molar-refractivity contribution in [3.8, 4) is 11.8 Å². The zero-order chi connectivity index (χ0) is 12.1. The lowest BCUT2D eigenvalue weighted by atomic mass is 9.76. The molecule has 1 aromatic carbocycles. The zero-order valence-electron chi connectivity index (χ0n) is 9.79. The number of benzene rings is 1. The normalized spacial score (nSPS) is 18.4. The first-order valence-electron chi connectivity index (χ1n) is 6.04. The predicted octanol–water partition coefficient (Wildman–Crippen LogP) is 4.19. The van der Waals surface area contributed by atoms with Gasteiger partial charge in [-0.05, 0) is 37.1 Å². The third kappa shape index (κ3) is 3.14. The van der Waals surface area contributed by atoms with Gasteiger partial charge in [0.05, 0.1) is 11.5 Å². The summed E-state index contributed by atoms with van der Waals surface area (Å²) in [5.41, 5.74) is -0.280. The molecule has 1 aromatic rings. The minimum Gasteiger partial charge on any atom is -0.492 e. The molecule has 2 nitrogen and oxygen atoms in total. The molecule has 0 bridgehead atoms. The van der Waals surface area contributed by atoms with Crippen LogP contribution in [0.25, 0.3) is 0 Å². The second-order valence-electron chi connectivity index (χ2n) is 4.70. The summed E-state index contributed by atoms with van der Waals surface area (Å²) in [6.45, 7) is 0.491. The van der Waals surface area contributed by atoms with Crippen molar-refractivity contribution in [1.29, 1.82) is 5.26 Å². The summed E-state index contributed by atoms with van der Waals surface area (Å²) in [4.78, 5) is 0. The lowest BCUT2D eigenvalue weighted by Crippen LogP contribution is -2.29. The van der Waals surface area contributed by atoms with Crippen LogP contribution in [0.4, 0.5) is 0 Å². The summed E-state index contributed by atoms with van der Waals surface area (Å²) in [5, 5.41) is 10.0. The molecule has 1 aliphatic rings. The topological polar surface area (TPSA) is 33.0 Å². The van der Waals surface area contributed by atoms with Gasteiger partial charge >= 0.3 is 0 Å². The van der Waals surface area contributed by atoms with Crippen molar-refractivity contribution in [2.75, 3.05) is 6.61 Å². The highest BCUT2D eigenvalue weighted by molar-refractivity contribution is 6.30. The van der Waals surface area contributed by atoms with E-state index >= 15 is 0 Å². The molecule has 0 spiro atoms. The van der Waals surface area contributed by atoms with E-state index in [1.54, 1.807) is 12.1 Å². The molecule has 3 heteroatoms. The van der Waals surface area contributed by atoms with Gasteiger partial charge in [0.15, 0.2) is 0 Å². The van der Waals surface area contributed by atoms with E-state index in [4.69, 9.17) is 16.3 Å². The van der Waals surface area contributed by atoms with E-state index in [0.717, 1.165) is 31.4 Å². The predicted molar refractivity (Wildman–Crippen MR) is 68.1 cm³/mol. The number of rotatable bonds is 3. The number of nitriles is 1. The molecule has 0 atom stereocenters. The van der Waals surface area contributed by atoms with E-state index in [2.05, 4.69) is 6.07 Å². The van der Waals surface area contributed by atoms with Gasteiger partial charge in [-0.15, -0.1) is 0 Å². The Morgan fingerprint density at radius 3 is 2.41 bits per heavy atom. The van der Waals surface area contributed by atoms with Gasteiger partial charge in [-0.2, -0.15) is 5.26 Å². The number of halogens is 1. The maximum Gasteiger partial charge on any atom is 0.119 e. The molecule has 0 N–H and O–H groups in total. The fraction of sp³-hybridized carbons (Fsp3) is 0.500. The average Bonchev–Trinajstić information content (AvgIpc) is 2.39. The van der Waals surface area contributed by atoms with E-state index in [9.17, 15) is 5.26 Å². The van der Waals surface area contributed by atoms with Crippen LogP contribution in [0.15, 0.2) is 24.3 Å². The highest BCUT2D eigenvalue weighted by atomic mass is 35.5. The van der Waals surface area contributed by atoms with Crippen LogP contribution in [0, 0.1) is 16.7 Å². The van der Waals surface area contributed by atoms with Crippen LogP contribution in [-0.4, -0.2) is 6.61 Å². The molecule has 2 rings (SSSR count). The van der Waals surface area contributed by atoms with Gasteiger partial charge in [0.1, 0.15) is 12.4 Å². The summed E-state index contributed by atoms with van der Waals surface area (Å²) in [6, 6.07) is 9.74. The first kappa shape index (κ1) is 12.3. The maximum absolute atomic E-state index is 9.31. The van der Waals surface area contributed by atoms with Crippen molar-refractivity contribution in [2.24, 2.45) is 5.41 Å². The first-order chi connectivity index (χ1) is 8.24. The van der Waals surface area contributed by atoms with E-state index in [0.29, 0.717) is 11.6 Å². The van der Waals surface area contributed by atoms with E-state index in [-0.39, 0.29) is 5.41 Å². The molecule has 1 saturated carbocycles. The van der Waals surface area contributed by atoms with Gasteiger partial charge in [0.2, 0.25) is 0 Å². The van der Waals surface area contributed by atoms with Crippen molar-refractivity contribution in [3.63, 3.8) is 0 Å². The molecule has 0 saturated heterocycles. The highest BCUT2D eigenvalue weighted by Gasteiger charge is 2.32. The van der Waals surface area contributed by atoms with Crippen LogP contribution < -0.4 is 4.74 Å². The van der Waals surface area contributed by atoms with Crippen LogP contribution in [0.1, 0.15) is 32.1 Å². The van der Waals surface area contributed by atoms with Crippen molar-refractivity contribution in [2.45, 2.75) is 32.1 Å². The molecule has 0 amide bonds. The zero-order valence-corrected chi connectivity index (χ0v) is 10.5. The van der Waals surface area contributed by atoms with Gasteiger partial charge < -0.3 is 4.74 Å². The van der Waals surface area contributed by atoms with Crippen molar-refractivity contribution < 1.29 is 4.74 Å². The van der Waals surface area contributed by atoms with E-state index < -0.39 is 0 Å². The molecule has 0 heterocycles. The Kier molecular flexibility index (Phi) is 3.91. The Morgan fingerprint density at radius 1 is 1.18 bits per heavy atom. The number of hydrogen-bond acceptors (Lipinski definition) is 2. The molecule has 0 aromatic heterocycles. The number of hydrogen-bond donors (Lipinski definition) is 0. The van der Waals surface area contributed by atoms with Crippen LogP contribution in [0.5, 0.6) is 5.75 Å². The number of nitrogens with zero attached hydrogens (tertiary/aromatic N) is 1. The van der Waals surface area contributed by atoms with Crippen LogP contribution in [-0.2, 0) is 0 Å². The summed E-state index contributed by atoms with van der Waals surface area (Å²) in [5.74, 6) is 0.787. The monoisotopic (exact) mass is 249 g/mol. The maximum atomic E-state index is 9.31. The highest BCUT2D eigenvalue weighted by Crippen LogP contribution is 2.36. The smallest absolute Gasteiger partial charge is 0.119 e. The molecule has 1 fully saturated rings. The molecule has 0 radical (unpaired) electrons. The summed E-state index contributed by atoms with van der Waals surface area (Å²) in [6.07, 6.45) is 5.42. The molecular weight excluding hydrogens is 234 g/mol. The molecule has 0 aliphatic heterocycles. The van der Waals surface area contributed by atoms with Gasteiger partial charge in [0, 0.05) is 5.02 Å². The van der Waals surface area contributed by atoms with Crippen LogP contribution >= 0.6 is 11.6 Å². The summed E-state index contributed by atoms with van der Waals surface area (Å²) < 4.78 is 5.71. The Bertz CT molecular complexity index is 401. The lowest BCUT2D eigenvalue weighted by molar-refractivity contribution is 0.150. The average molecular weight is 250 g/mol. The van der Waals surface area contributed by atoms with Crippen molar-refractivity contribution >= 4 is 11.6 Å². The standard InChI is InChI=1S/C14H16ClNO/c15-12-4-6-13(7-5-12)17-11-14(10-16)8-2-1-3-9-14/h4-7H,1-3,8-9,11H2. The molecule has 17 heavy (non-hydrogen) atoms. The van der Waals surface area contributed by atoms with Gasteiger partial charge in [0.25, 0.3) is 0 Å². The number of ether oxygens (including phenoxy) is 1. The van der Waals surface area contributed by atoms with Gasteiger partial charge in [-0.1, -0.05) is 30.9 Å². The fourth-order valence-corrected chi connectivity index (χ4v) is 2.40. The Hall–Kier alpha value is -1.20. The van der Waals surface area contributed by atoms with Crippen LogP contribution in [0.2, 0.25) is 5.02 Å². The SMILES string of the molecule is N#CC1(COc2ccc(Cl)cc2)CCCCC1. The second-order valence-corrected chi connectivity index (χ2v) is 5.13. The minimum absolute atomic E-state index is 0.280. The molecule has 1 aliphatic carbocycles. The fourth-order valence-electron chi connectivity index (χ4n) is 2.27. The quantitative estimate of drug-likeness (QED) is 0.805. The van der Waals surface area contributed by atoms with Crippen LogP contribution in [0.3, 0.4) is 0 Å².